The number of hydrogen-bond acceptors (Lipinski definition) is 5. The number of halogens is 1. The normalized spacial score (nSPS) is 10.9. The fourth-order valence-electron chi connectivity index (χ4n) is 2.34. The quantitative estimate of drug-likeness (QED) is 0.614. The third kappa shape index (κ3) is 4.45. The van der Waals surface area contributed by atoms with Crippen molar-refractivity contribution in [3.63, 3.8) is 0 Å². The number of carbonyl (C=O) groups is 1. The zero-order valence-electron chi connectivity index (χ0n) is 14.4. The molecule has 3 aromatic rings. The van der Waals surface area contributed by atoms with Crippen LogP contribution in [0.4, 0.5) is 0 Å². The third-order valence-corrected chi connectivity index (χ3v) is 4.89. The molecule has 0 aliphatic carbocycles. The predicted octanol–water partition coefficient (Wildman–Crippen LogP) is 4.82. The fourth-order valence-corrected chi connectivity index (χ4v) is 3.51. The molecule has 1 amide bonds. The molecule has 0 spiro atoms. The molecule has 0 unspecified atom stereocenters. The zero-order valence-corrected chi connectivity index (χ0v) is 16.0. The standard InChI is InChI=1S/C19H18ClN3O2S/c1-12(2)26-16-10-6-4-8-14(16)19(24)21-11-17-22-18(23-25-17)13-7-3-5-9-15(13)20/h3-10,12H,11H2,1-2H3,(H,21,24). The Balaban J connectivity index is 1.69. The molecule has 0 saturated heterocycles. The van der Waals surface area contributed by atoms with Gasteiger partial charge in [-0.25, -0.2) is 0 Å². The Morgan fingerprint density at radius 3 is 2.69 bits per heavy atom. The van der Waals surface area contributed by atoms with Crippen LogP contribution < -0.4 is 5.32 Å². The molecule has 0 aliphatic heterocycles. The van der Waals surface area contributed by atoms with Crippen molar-refractivity contribution in [3.8, 4) is 11.4 Å². The van der Waals surface area contributed by atoms with Crippen molar-refractivity contribution in [1.29, 1.82) is 0 Å². The van der Waals surface area contributed by atoms with E-state index in [0.717, 1.165) is 4.90 Å². The summed E-state index contributed by atoms with van der Waals surface area (Å²) in [6, 6.07) is 14.8. The van der Waals surface area contributed by atoms with Gasteiger partial charge in [0.1, 0.15) is 0 Å². The summed E-state index contributed by atoms with van der Waals surface area (Å²) in [6.07, 6.45) is 0. The maximum absolute atomic E-state index is 12.5. The van der Waals surface area contributed by atoms with Crippen molar-refractivity contribution in [2.75, 3.05) is 0 Å². The number of benzene rings is 2. The average Bonchev–Trinajstić information content (AvgIpc) is 3.09. The van der Waals surface area contributed by atoms with Crippen molar-refractivity contribution in [2.45, 2.75) is 30.5 Å². The highest BCUT2D eigenvalue weighted by molar-refractivity contribution is 8.00. The van der Waals surface area contributed by atoms with Gasteiger partial charge in [0.15, 0.2) is 0 Å². The Bertz CT molecular complexity index is 911. The molecule has 1 heterocycles. The van der Waals surface area contributed by atoms with E-state index >= 15 is 0 Å². The van der Waals surface area contributed by atoms with Crippen LogP contribution in [-0.2, 0) is 6.54 Å². The van der Waals surface area contributed by atoms with Crippen molar-refractivity contribution < 1.29 is 9.32 Å². The number of nitrogens with one attached hydrogen (secondary N) is 1. The van der Waals surface area contributed by atoms with Gasteiger partial charge in [-0.05, 0) is 24.3 Å². The fraction of sp³-hybridized carbons (Fsp3) is 0.211. The zero-order chi connectivity index (χ0) is 18.5. The number of rotatable bonds is 6. The monoisotopic (exact) mass is 387 g/mol. The van der Waals surface area contributed by atoms with Crippen LogP contribution in [0.25, 0.3) is 11.4 Å². The summed E-state index contributed by atoms with van der Waals surface area (Å²) in [5, 5.41) is 7.69. The lowest BCUT2D eigenvalue weighted by molar-refractivity contribution is 0.0943. The molecule has 0 radical (unpaired) electrons. The summed E-state index contributed by atoms with van der Waals surface area (Å²) in [5.41, 5.74) is 1.33. The van der Waals surface area contributed by atoms with Gasteiger partial charge in [0, 0.05) is 15.7 Å². The van der Waals surface area contributed by atoms with Crippen molar-refractivity contribution in [1.82, 2.24) is 15.5 Å². The Morgan fingerprint density at radius 1 is 1.19 bits per heavy atom. The number of carbonyl (C=O) groups excluding carboxylic acids is 1. The molecule has 0 fully saturated rings. The number of nitrogens with zero attached hydrogens (tertiary/aromatic N) is 2. The van der Waals surface area contributed by atoms with Crippen LogP contribution in [0.3, 0.4) is 0 Å². The van der Waals surface area contributed by atoms with Gasteiger partial charge in [0.05, 0.1) is 17.1 Å². The van der Waals surface area contributed by atoms with Crippen LogP contribution in [0, 0.1) is 0 Å². The predicted molar refractivity (Wildman–Crippen MR) is 103 cm³/mol. The Morgan fingerprint density at radius 2 is 1.92 bits per heavy atom. The lowest BCUT2D eigenvalue weighted by Crippen LogP contribution is -2.23. The van der Waals surface area contributed by atoms with E-state index in [1.807, 2.05) is 42.5 Å². The van der Waals surface area contributed by atoms with Gasteiger partial charge in [-0.1, -0.05) is 54.9 Å². The summed E-state index contributed by atoms with van der Waals surface area (Å²) < 4.78 is 5.22. The van der Waals surface area contributed by atoms with Crippen molar-refractivity contribution >= 4 is 29.3 Å². The van der Waals surface area contributed by atoms with E-state index < -0.39 is 0 Å². The van der Waals surface area contributed by atoms with Crippen LogP contribution in [-0.4, -0.2) is 21.3 Å². The maximum atomic E-state index is 12.5. The van der Waals surface area contributed by atoms with Gasteiger partial charge in [0.2, 0.25) is 11.7 Å². The minimum absolute atomic E-state index is 0.150. The van der Waals surface area contributed by atoms with E-state index in [0.29, 0.717) is 33.1 Å². The van der Waals surface area contributed by atoms with Crippen LogP contribution in [0.2, 0.25) is 5.02 Å². The first-order valence-corrected chi connectivity index (χ1v) is 9.41. The minimum atomic E-state index is -0.175. The number of hydrogen-bond donors (Lipinski definition) is 1. The molecule has 1 aromatic heterocycles. The lowest BCUT2D eigenvalue weighted by atomic mass is 10.2. The van der Waals surface area contributed by atoms with E-state index in [4.69, 9.17) is 16.1 Å². The average molecular weight is 388 g/mol. The molecular formula is C19H18ClN3O2S. The molecule has 0 saturated carbocycles. The number of aromatic nitrogens is 2. The molecule has 134 valence electrons. The molecule has 1 N–H and O–H groups in total. The molecule has 2 aromatic carbocycles. The first-order valence-electron chi connectivity index (χ1n) is 8.16. The SMILES string of the molecule is CC(C)Sc1ccccc1C(=O)NCc1nc(-c2ccccc2Cl)no1. The van der Waals surface area contributed by atoms with Gasteiger partial charge >= 0.3 is 0 Å². The highest BCUT2D eigenvalue weighted by Crippen LogP contribution is 2.27. The van der Waals surface area contributed by atoms with E-state index in [9.17, 15) is 4.79 Å². The number of thioether (sulfide) groups is 1. The molecular weight excluding hydrogens is 370 g/mol. The Hall–Kier alpha value is -2.31. The van der Waals surface area contributed by atoms with Crippen molar-refractivity contribution in [2.24, 2.45) is 0 Å². The molecule has 26 heavy (non-hydrogen) atoms. The van der Waals surface area contributed by atoms with Crippen LogP contribution in [0.1, 0.15) is 30.1 Å². The van der Waals surface area contributed by atoms with E-state index in [-0.39, 0.29) is 12.5 Å². The number of amides is 1. The Kier molecular flexibility index (Phi) is 5.96. The molecule has 5 nitrogen and oxygen atoms in total. The van der Waals surface area contributed by atoms with Gasteiger partial charge in [-0.2, -0.15) is 4.98 Å². The summed E-state index contributed by atoms with van der Waals surface area (Å²) in [7, 11) is 0. The molecule has 7 heteroatoms. The second-order valence-corrected chi connectivity index (χ2v) is 7.86. The van der Waals surface area contributed by atoms with Crippen LogP contribution in [0.15, 0.2) is 57.9 Å². The topological polar surface area (TPSA) is 68.0 Å². The first-order chi connectivity index (χ1) is 12.5. The van der Waals surface area contributed by atoms with E-state index in [2.05, 4.69) is 29.3 Å². The van der Waals surface area contributed by atoms with Crippen LogP contribution in [0.5, 0.6) is 0 Å². The van der Waals surface area contributed by atoms with Gasteiger partial charge < -0.3 is 9.84 Å². The van der Waals surface area contributed by atoms with Crippen molar-refractivity contribution in [3.05, 3.63) is 65.0 Å². The van der Waals surface area contributed by atoms with E-state index in [1.165, 1.54) is 0 Å². The molecule has 3 rings (SSSR count). The Labute approximate surface area is 161 Å². The first kappa shape index (κ1) is 18.5. The smallest absolute Gasteiger partial charge is 0.252 e. The highest BCUT2D eigenvalue weighted by atomic mass is 35.5. The molecule has 0 bridgehead atoms. The molecule has 0 aliphatic rings. The van der Waals surface area contributed by atoms with Gasteiger partial charge in [-0.3, -0.25) is 4.79 Å². The minimum Gasteiger partial charge on any atom is -0.343 e. The highest BCUT2D eigenvalue weighted by Gasteiger charge is 2.15. The lowest BCUT2D eigenvalue weighted by Gasteiger charge is -2.10. The summed E-state index contributed by atoms with van der Waals surface area (Å²) >= 11 is 7.79. The second-order valence-electron chi connectivity index (χ2n) is 5.84. The van der Waals surface area contributed by atoms with Crippen LogP contribution >= 0.6 is 23.4 Å². The van der Waals surface area contributed by atoms with E-state index in [1.54, 1.807) is 17.8 Å². The second kappa shape index (κ2) is 8.38. The third-order valence-electron chi connectivity index (χ3n) is 3.48. The van der Waals surface area contributed by atoms with Gasteiger partial charge in [-0.15, -0.1) is 11.8 Å². The largest absolute Gasteiger partial charge is 0.343 e. The van der Waals surface area contributed by atoms with Gasteiger partial charge in [0.25, 0.3) is 5.91 Å². The summed E-state index contributed by atoms with van der Waals surface area (Å²) in [5.74, 6) is 0.545. The maximum Gasteiger partial charge on any atom is 0.252 e. The summed E-state index contributed by atoms with van der Waals surface area (Å²) in [4.78, 5) is 17.8. The summed E-state index contributed by atoms with van der Waals surface area (Å²) in [6.45, 7) is 4.33. The molecule has 0 atom stereocenters.